The first-order valence-corrected chi connectivity index (χ1v) is 31.2. The average molecular weight is 1040 g/mol. The van der Waals surface area contributed by atoms with Crippen LogP contribution in [0.25, 0.3) is 0 Å². The predicted molar refractivity (Wildman–Crippen MR) is 316 cm³/mol. The number of hydrogen-bond donors (Lipinski definition) is 2. The van der Waals surface area contributed by atoms with Gasteiger partial charge in [0.25, 0.3) is 7.82 Å². The number of unbranched alkanes of at least 4 members (excludes halogenated alkanes) is 24. The monoisotopic (exact) mass is 1040 g/mol. The molecule has 0 aromatic heterocycles. The van der Waals surface area contributed by atoms with Crippen LogP contribution in [0.5, 0.6) is 0 Å². The molecule has 9 heteroatoms. The van der Waals surface area contributed by atoms with E-state index in [1.807, 2.05) is 27.2 Å². The maximum Gasteiger partial charge on any atom is 0.268 e. The zero-order valence-electron chi connectivity index (χ0n) is 47.8. The Morgan fingerprint density at radius 1 is 0.493 bits per heavy atom. The summed E-state index contributed by atoms with van der Waals surface area (Å²) in [4.78, 5) is 25.5. The molecule has 1 amide bonds. The molecule has 0 aromatic carbocycles. The van der Waals surface area contributed by atoms with Gasteiger partial charge in [0.05, 0.1) is 39.9 Å². The first kappa shape index (κ1) is 70.2. The van der Waals surface area contributed by atoms with Crippen molar-refractivity contribution in [3.8, 4) is 0 Å². The molecule has 0 saturated carbocycles. The average Bonchev–Trinajstić information content (AvgIpc) is 3.35. The van der Waals surface area contributed by atoms with Gasteiger partial charge in [-0.3, -0.25) is 9.36 Å². The molecule has 0 aliphatic carbocycles. The molecule has 0 radical (unpaired) electrons. The van der Waals surface area contributed by atoms with E-state index >= 15 is 0 Å². The number of carbonyl (C=O) groups excluding carboxylic acids is 1. The van der Waals surface area contributed by atoms with Gasteiger partial charge in [0.1, 0.15) is 13.2 Å². The van der Waals surface area contributed by atoms with Crippen LogP contribution in [0.3, 0.4) is 0 Å². The SMILES string of the molecule is CC/C=C\C/C=C\C/C=C\C/C=C\C/C=C\C/C=C\C/C=C\CCCCCCCCCCCC(=O)NC(COP(=O)([O-])OCC[N+](C)(C)C)C(O)/C=C/CC/C=C/CCCCCCCCCCCCCCCC. The molecule has 0 aliphatic rings. The predicted octanol–water partition coefficient (Wildman–Crippen LogP) is 17.7. The second kappa shape index (κ2) is 54.0. The van der Waals surface area contributed by atoms with Crippen LogP contribution >= 0.6 is 7.82 Å². The molecule has 2 N–H and O–H groups in total. The molecule has 0 aromatic rings. The third-order valence-corrected chi connectivity index (χ3v) is 13.7. The van der Waals surface area contributed by atoms with Crippen molar-refractivity contribution in [3.05, 3.63) is 109 Å². The molecule has 420 valence electrons. The van der Waals surface area contributed by atoms with Crippen molar-refractivity contribution < 1.29 is 32.9 Å². The number of hydrogen-bond acceptors (Lipinski definition) is 6. The van der Waals surface area contributed by atoms with E-state index in [1.54, 1.807) is 6.08 Å². The van der Waals surface area contributed by atoms with Crippen LogP contribution in [-0.2, 0) is 18.4 Å². The quantitative estimate of drug-likeness (QED) is 0.0272. The molecule has 3 atom stereocenters. The molecule has 0 bridgehead atoms. The maximum atomic E-state index is 13.0. The van der Waals surface area contributed by atoms with Gasteiger partial charge in [0.15, 0.2) is 0 Å². The van der Waals surface area contributed by atoms with Crippen molar-refractivity contribution in [3.63, 3.8) is 0 Å². The number of quaternary nitrogens is 1. The Kier molecular flexibility index (Phi) is 51.9. The van der Waals surface area contributed by atoms with Crippen LogP contribution < -0.4 is 10.2 Å². The highest BCUT2D eigenvalue weighted by Crippen LogP contribution is 2.38. The summed E-state index contributed by atoms with van der Waals surface area (Å²) < 4.78 is 23.3. The minimum absolute atomic E-state index is 0.0128. The summed E-state index contributed by atoms with van der Waals surface area (Å²) in [6.45, 7) is 4.51. The second-order valence-corrected chi connectivity index (χ2v) is 22.4. The Morgan fingerprint density at radius 3 is 1.27 bits per heavy atom. The van der Waals surface area contributed by atoms with Crippen LogP contribution in [0.4, 0.5) is 0 Å². The molecule has 8 nitrogen and oxygen atoms in total. The minimum Gasteiger partial charge on any atom is -0.756 e. The number of phosphoric acid groups is 1. The minimum atomic E-state index is -4.62. The Balaban J connectivity index is 4.26. The number of allylic oxidation sites excluding steroid dienone is 17. The van der Waals surface area contributed by atoms with E-state index in [4.69, 9.17) is 9.05 Å². The summed E-state index contributed by atoms with van der Waals surface area (Å²) in [5, 5.41) is 13.9. The smallest absolute Gasteiger partial charge is 0.268 e. The van der Waals surface area contributed by atoms with Crippen molar-refractivity contribution in [2.75, 3.05) is 40.9 Å². The zero-order chi connectivity index (χ0) is 53.5. The molecule has 0 saturated heterocycles. The van der Waals surface area contributed by atoms with E-state index in [9.17, 15) is 19.4 Å². The summed E-state index contributed by atoms with van der Waals surface area (Å²) in [7, 11) is 1.23. The van der Waals surface area contributed by atoms with Crippen molar-refractivity contribution >= 4 is 13.7 Å². The lowest BCUT2D eigenvalue weighted by atomic mass is 10.0. The molecule has 0 aliphatic heterocycles. The summed E-state index contributed by atoms with van der Waals surface area (Å²) >= 11 is 0. The van der Waals surface area contributed by atoms with Gasteiger partial charge in [-0.15, -0.1) is 0 Å². The number of nitrogens with one attached hydrogen (secondary N) is 1. The fourth-order valence-corrected chi connectivity index (χ4v) is 8.81. The number of carbonyl (C=O) groups is 1. The van der Waals surface area contributed by atoms with Crippen molar-refractivity contribution in [2.45, 2.75) is 251 Å². The Bertz CT molecular complexity index is 1550. The number of aliphatic hydroxyl groups is 1. The van der Waals surface area contributed by atoms with Crippen molar-refractivity contribution in [1.29, 1.82) is 0 Å². The van der Waals surface area contributed by atoms with Crippen molar-refractivity contribution in [1.82, 2.24) is 5.32 Å². The number of phosphoric ester groups is 1. The number of amides is 1. The van der Waals surface area contributed by atoms with Gasteiger partial charge in [-0.1, -0.05) is 252 Å². The highest BCUT2D eigenvalue weighted by atomic mass is 31.2. The number of likely N-dealkylation sites (N-methyl/N-ethyl adjacent to an activating group) is 1. The Labute approximate surface area is 451 Å². The Morgan fingerprint density at radius 2 is 0.849 bits per heavy atom. The standard InChI is InChI=1S/C64H113N2O6P/c1-6-8-10-12-14-16-18-20-22-24-26-28-29-30-31-32-33-34-35-36-37-38-40-42-44-46-48-50-52-54-56-58-64(68)65-62(61-72-73(69,70)71-60-59-66(3,4)5)63(67)57-55-53-51-49-47-45-43-41-39-27-25-23-21-19-17-15-13-11-9-7-2/h8,10,14,16,20,22,26,28,30-31,33-34,36-37,47,49,55,57,62-63,67H,6-7,9,11-13,15,17-19,21,23-25,27,29,32,35,38-46,48,50-54,56,58-61H2,1-5H3,(H-,65,68,69,70)/b10-8-,16-14-,22-20-,28-26-,31-30-,34-33-,37-36-,49-47+,57-55+. The first-order valence-electron chi connectivity index (χ1n) is 29.7. The van der Waals surface area contributed by atoms with Gasteiger partial charge in [-0.2, -0.15) is 0 Å². The summed E-state index contributed by atoms with van der Waals surface area (Å²) in [5.41, 5.74) is 0. The van der Waals surface area contributed by atoms with E-state index in [1.165, 1.54) is 122 Å². The van der Waals surface area contributed by atoms with Crippen LogP contribution in [0.15, 0.2) is 109 Å². The number of aliphatic hydroxyl groups excluding tert-OH is 1. The van der Waals surface area contributed by atoms with Gasteiger partial charge in [-0.25, -0.2) is 0 Å². The highest BCUT2D eigenvalue weighted by molar-refractivity contribution is 7.45. The summed E-state index contributed by atoms with van der Waals surface area (Å²) in [5.74, 6) is -0.217. The normalized spacial score (nSPS) is 14.7. The van der Waals surface area contributed by atoms with Crippen LogP contribution in [0.1, 0.15) is 239 Å². The third kappa shape index (κ3) is 56.7. The van der Waals surface area contributed by atoms with Gasteiger partial charge in [-0.05, 0) is 89.9 Å². The largest absolute Gasteiger partial charge is 0.756 e. The number of rotatable bonds is 53. The van der Waals surface area contributed by atoms with Crippen LogP contribution in [-0.4, -0.2) is 68.5 Å². The van der Waals surface area contributed by atoms with Gasteiger partial charge in [0.2, 0.25) is 5.91 Å². The molecule has 0 spiro atoms. The van der Waals surface area contributed by atoms with Gasteiger partial charge in [0, 0.05) is 6.42 Å². The summed E-state index contributed by atoms with van der Waals surface area (Å²) in [6, 6.07) is -0.915. The van der Waals surface area contributed by atoms with E-state index in [-0.39, 0.29) is 12.5 Å². The van der Waals surface area contributed by atoms with E-state index in [0.717, 1.165) is 96.3 Å². The summed E-state index contributed by atoms with van der Waals surface area (Å²) in [6.07, 6.45) is 78.8. The van der Waals surface area contributed by atoms with E-state index in [0.29, 0.717) is 17.4 Å². The lowest BCUT2D eigenvalue weighted by Crippen LogP contribution is -2.45. The second-order valence-electron chi connectivity index (χ2n) is 21.0. The van der Waals surface area contributed by atoms with Gasteiger partial charge >= 0.3 is 0 Å². The highest BCUT2D eigenvalue weighted by Gasteiger charge is 2.23. The zero-order valence-corrected chi connectivity index (χ0v) is 48.7. The topological polar surface area (TPSA) is 108 Å². The molecule has 73 heavy (non-hydrogen) atoms. The van der Waals surface area contributed by atoms with Crippen molar-refractivity contribution in [2.24, 2.45) is 0 Å². The third-order valence-electron chi connectivity index (χ3n) is 12.7. The molecular formula is C64H113N2O6P. The molecular weight excluding hydrogens is 924 g/mol. The fourth-order valence-electron chi connectivity index (χ4n) is 8.09. The fraction of sp³-hybridized carbons (Fsp3) is 0.703. The lowest BCUT2D eigenvalue weighted by Gasteiger charge is -2.29. The molecule has 0 fully saturated rings. The maximum absolute atomic E-state index is 13.0. The molecule has 3 unspecified atom stereocenters. The van der Waals surface area contributed by atoms with E-state index in [2.05, 4.69) is 116 Å². The number of nitrogens with zero attached hydrogens (tertiary/aromatic N) is 1. The Hall–Kier alpha value is -2.84. The molecule has 0 rings (SSSR count). The lowest BCUT2D eigenvalue weighted by molar-refractivity contribution is -0.870. The van der Waals surface area contributed by atoms with Gasteiger partial charge < -0.3 is 28.8 Å². The molecule has 0 heterocycles. The van der Waals surface area contributed by atoms with Crippen LogP contribution in [0, 0.1) is 0 Å². The van der Waals surface area contributed by atoms with E-state index < -0.39 is 26.6 Å². The van der Waals surface area contributed by atoms with Crippen LogP contribution in [0.2, 0.25) is 0 Å². The first-order chi connectivity index (χ1) is 35.5.